The zero-order chi connectivity index (χ0) is 8.97. The Morgan fingerprint density at radius 2 is 2.17 bits per heavy atom. The van der Waals surface area contributed by atoms with Gasteiger partial charge in [-0.2, -0.15) is 0 Å². The molecule has 0 bridgehead atoms. The van der Waals surface area contributed by atoms with Crippen LogP contribution in [-0.4, -0.2) is 13.6 Å². The maximum absolute atomic E-state index is 12.8. The highest BCUT2D eigenvalue weighted by atomic mass is 19.1. The van der Waals surface area contributed by atoms with Crippen LogP contribution in [0.3, 0.4) is 0 Å². The molecule has 0 fully saturated rings. The first kappa shape index (κ1) is 9.20. The molecule has 0 aromatic heterocycles. The lowest BCUT2D eigenvalue weighted by Gasteiger charge is -2.02. The first-order chi connectivity index (χ1) is 5.74. The second-order valence-electron chi connectivity index (χ2n) is 2.94. The monoisotopic (exact) mass is 167 g/mol. The number of likely N-dealkylation sites (N-methyl/N-ethyl adjacent to an activating group) is 1. The third-order valence-electron chi connectivity index (χ3n) is 1.89. The summed E-state index contributed by atoms with van der Waals surface area (Å²) in [4.78, 5) is 0. The van der Waals surface area contributed by atoms with E-state index in [0.717, 1.165) is 18.5 Å². The summed E-state index contributed by atoms with van der Waals surface area (Å²) < 4.78 is 12.8. The molecule has 0 atom stereocenters. The van der Waals surface area contributed by atoms with E-state index in [1.165, 1.54) is 11.6 Å². The Morgan fingerprint density at radius 1 is 1.42 bits per heavy atom. The molecule has 1 nitrogen and oxygen atoms in total. The Balaban J connectivity index is 2.69. The minimum Gasteiger partial charge on any atom is -0.319 e. The molecule has 0 amide bonds. The lowest BCUT2D eigenvalue weighted by Crippen LogP contribution is -2.10. The Kier molecular flexibility index (Phi) is 3.23. The molecule has 0 aliphatic carbocycles. The molecule has 66 valence electrons. The summed E-state index contributed by atoms with van der Waals surface area (Å²) in [5, 5.41) is 3.06. The summed E-state index contributed by atoms with van der Waals surface area (Å²) in [6.45, 7) is 2.73. The van der Waals surface area contributed by atoms with Crippen LogP contribution in [0.4, 0.5) is 4.39 Å². The molecule has 0 heterocycles. The molecule has 0 aliphatic heterocycles. The van der Waals surface area contributed by atoms with Crippen molar-refractivity contribution in [1.82, 2.24) is 5.32 Å². The molecular formula is C10H14FN. The molecule has 0 unspecified atom stereocenters. The van der Waals surface area contributed by atoms with Gasteiger partial charge in [-0.1, -0.05) is 12.1 Å². The number of halogens is 1. The second-order valence-corrected chi connectivity index (χ2v) is 2.94. The van der Waals surface area contributed by atoms with E-state index in [-0.39, 0.29) is 5.82 Å². The SMILES string of the molecule is CNCCc1ccc(F)c(C)c1. The van der Waals surface area contributed by atoms with Crippen LogP contribution in [0.15, 0.2) is 18.2 Å². The highest BCUT2D eigenvalue weighted by Gasteiger charge is 1.97. The van der Waals surface area contributed by atoms with Crippen LogP contribution in [-0.2, 0) is 6.42 Å². The van der Waals surface area contributed by atoms with Crippen LogP contribution in [0.5, 0.6) is 0 Å². The smallest absolute Gasteiger partial charge is 0.126 e. The number of rotatable bonds is 3. The number of hydrogen-bond donors (Lipinski definition) is 1. The highest BCUT2D eigenvalue weighted by Crippen LogP contribution is 2.09. The van der Waals surface area contributed by atoms with E-state index in [1.807, 2.05) is 19.2 Å². The molecule has 0 saturated carbocycles. The van der Waals surface area contributed by atoms with Gasteiger partial charge in [0.1, 0.15) is 5.82 Å². The van der Waals surface area contributed by atoms with Crippen LogP contribution >= 0.6 is 0 Å². The van der Waals surface area contributed by atoms with Gasteiger partial charge in [0.2, 0.25) is 0 Å². The van der Waals surface area contributed by atoms with Crippen molar-refractivity contribution >= 4 is 0 Å². The standard InChI is InChI=1S/C10H14FN/c1-8-7-9(5-6-12-2)3-4-10(8)11/h3-4,7,12H,5-6H2,1-2H3. The average molecular weight is 167 g/mol. The highest BCUT2D eigenvalue weighted by molar-refractivity contribution is 5.24. The van der Waals surface area contributed by atoms with Crippen molar-refractivity contribution in [3.8, 4) is 0 Å². The third-order valence-corrected chi connectivity index (χ3v) is 1.89. The van der Waals surface area contributed by atoms with Crippen LogP contribution < -0.4 is 5.32 Å². The number of hydrogen-bond acceptors (Lipinski definition) is 1. The fraction of sp³-hybridized carbons (Fsp3) is 0.400. The Morgan fingerprint density at radius 3 is 2.75 bits per heavy atom. The van der Waals surface area contributed by atoms with Crippen LogP contribution in [0.2, 0.25) is 0 Å². The predicted molar refractivity (Wildman–Crippen MR) is 48.8 cm³/mol. The fourth-order valence-electron chi connectivity index (χ4n) is 1.13. The Bertz CT molecular complexity index is 258. The van der Waals surface area contributed by atoms with E-state index < -0.39 is 0 Å². The van der Waals surface area contributed by atoms with Gasteiger partial charge in [0, 0.05) is 0 Å². The van der Waals surface area contributed by atoms with Gasteiger partial charge in [0.05, 0.1) is 0 Å². The van der Waals surface area contributed by atoms with Gasteiger partial charge in [0.25, 0.3) is 0 Å². The van der Waals surface area contributed by atoms with Crippen molar-refractivity contribution in [2.45, 2.75) is 13.3 Å². The predicted octanol–water partition coefficient (Wildman–Crippen LogP) is 1.90. The first-order valence-corrected chi connectivity index (χ1v) is 4.13. The van der Waals surface area contributed by atoms with Gasteiger partial charge in [-0.3, -0.25) is 0 Å². The number of benzene rings is 1. The average Bonchev–Trinajstić information content (AvgIpc) is 2.07. The summed E-state index contributed by atoms with van der Waals surface area (Å²) in [6.07, 6.45) is 0.956. The summed E-state index contributed by atoms with van der Waals surface area (Å²) >= 11 is 0. The molecule has 1 aromatic rings. The Hall–Kier alpha value is -0.890. The molecule has 1 N–H and O–H groups in total. The van der Waals surface area contributed by atoms with Gasteiger partial charge in [-0.05, 0) is 44.1 Å². The van der Waals surface area contributed by atoms with E-state index in [1.54, 1.807) is 6.92 Å². The quantitative estimate of drug-likeness (QED) is 0.725. The molecule has 12 heavy (non-hydrogen) atoms. The van der Waals surface area contributed by atoms with Crippen molar-refractivity contribution in [1.29, 1.82) is 0 Å². The topological polar surface area (TPSA) is 12.0 Å². The van der Waals surface area contributed by atoms with E-state index in [9.17, 15) is 4.39 Å². The normalized spacial score (nSPS) is 10.2. The van der Waals surface area contributed by atoms with Crippen LogP contribution in [0.25, 0.3) is 0 Å². The molecule has 0 spiro atoms. The summed E-state index contributed by atoms with van der Waals surface area (Å²) in [6, 6.07) is 5.26. The van der Waals surface area contributed by atoms with Gasteiger partial charge in [-0.25, -0.2) is 4.39 Å². The van der Waals surface area contributed by atoms with Crippen molar-refractivity contribution < 1.29 is 4.39 Å². The fourth-order valence-corrected chi connectivity index (χ4v) is 1.13. The van der Waals surface area contributed by atoms with Crippen LogP contribution in [0, 0.1) is 12.7 Å². The second kappa shape index (κ2) is 4.21. The van der Waals surface area contributed by atoms with Gasteiger partial charge in [-0.15, -0.1) is 0 Å². The molecular weight excluding hydrogens is 153 g/mol. The maximum Gasteiger partial charge on any atom is 0.126 e. The molecule has 1 aromatic carbocycles. The zero-order valence-corrected chi connectivity index (χ0v) is 7.52. The van der Waals surface area contributed by atoms with Crippen molar-refractivity contribution in [2.75, 3.05) is 13.6 Å². The lowest BCUT2D eigenvalue weighted by atomic mass is 10.1. The van der Waals surface area contributed by atoms with Crippen LogP contribution in [0.1, 0.15) is 11.1 Å². The van der Waals surface area contributed by atoms with Crippen molar-refractivity contribution in [2.24, 2.45) is 0 Å². The summed E-state index contributed by atoms with van der Waals surface area (Å²) in [5.41, 5.74) is 1.91. The van der Waals surface area contributed by atoms with E-state index in [2.05, 4.69) is 5.32 Å². The van der Waals surface area contributed by atoms with E-state index in [0.29, 0.717) is 0 Å². The Labute approximate surface area is 72.6 Å². The third kappa shape index (κ3) is 2.31. The molecule has 1 rings (SSSR count). The molecule has 2 heteroatoms. The lowest BCUT2D eigenvalue weighted by molar-refractivity contribution is 0.617. The largest absolute Gasteiger partial charge is 0.319 e. The summed E-state index contributed by atoms with van der Waals surface area (Å²) in [7, 11) is 1.91. The molecule has 0 radical (unpaired) electrons. The minimum atomic E-state index is -0.122. The van der Waals surface area contributed by atoms with Crippen molar-refractivity contribution in [3.05, 3.63) is 35.1 Å². The first-order valence-electron chi connectivity index (χ1n) is 4.13. The number of aryl methyl sites for hydroxylation is 1. The maximum atomic E-state index is 12.8. The van der Waals surface area contributed by atoms with E-state index in [4.69, 9.17) is 0 Å². The molecule has 0 saturated heterocycles. The van der Waals surface area contributed by atoms with Gasteiger partial charge < -0.3 is 5.32 Å². The van der Waals surface area contributed by atoms with E-state index >= 15 is 0 Å². The van der Waals surface area contributed by atoms with Crippen molar-refractivity contribution in [3.63, 3.8) is 0 Å². The van der Waals surface area contributed by atoms with Gasteiger partial charge in [0.15, 0.2) is 0 Å². The minimum absolute atomic E-state index is 0.122. The molecule has 0 aliphatic rings. The summed E-state index contributed by atoms with van der Waals surface area (Å²) in [5.74, 6) is -0.122. The number of nitrogens with one attached hydrogen (secondary N) is 1. The zero-order valence-electron chi connectivity index (χ0n) is 7.52. The van der Waals surface area contributed by atoms with Gasteiger partial charge >= 0.3 is 0 Å².